The first-order chi connectivity index (χ1) is 7.94. The number of H-pyrrole nitrogens is 2. The van der Waals surface area contributed by atoms with Gasteiger partial charge in [0.1, 0.15) is 0 Å². The van der Waals surface area contributed by atoms with E-state index in [1.165, 1.54) is 0 Å². The molecule has 0 radical (unpaired) electrons. The smallest absolute Gasteiger partial charge is 0.323 e. The van der Waals surface area contributed by atoms with Crippen LogP contribution < -0.4 is 11.4 Å². The van der Waals surface area contributed by atoms with Crippen molar-refractivity contribution in [2.45, 2.75) is 25.8 Å². The lowest BCUT2D eigenvalue weighted by atomic mass is 9.95. The first-order valence-electron chi connectivity index (χ1n) is 5.60. The van der Waals surface area contributed by atoms with Gasteiger partial charge in [-0.3, -0.25) is 0 Å². The molecule has 0 aliphatic carbocycles. The van der Waals surface area contributed by atoms with Crippen molar-refractivity contribution >= 4 is 0 Å². The van der Waals surface area contributed by atoms with Crippen LogP contribution in [0.15, 0.2) is 35.3 Å². The number of hydrogen-bond donors (Lipinski definition) is 3. The van der Waals surface area contributed by atoms with Gasteiger partial charge in [0.15, 0.2) is 0 Å². The van der Waals surface area contributed by atoms with Crippen molar-refractivity contribution in [3.05, 3.63) is 46.5 Å². The summed E-state index contributed by atoms with van der Waals surface area (Å²) in [7, 11) is 0. The minimum absolute atomic E-state index is 0.190. The monoisotopic (exact) mass is 231 g/mol. The molecule has 0 aliphatic rings. The van der Waals surface area contributed by atoms with Gasteiger partial charge >= 0.3 is 5.69 Å². The molecule has 0 atom stereocenters. The summed E-state index contributed by atoms with van der Waals surface area (Å²) >= 11 is 0. The van der Waals surface area contributed by atoms with Gasteiger partial charge in [-0.25, -0.2) is 4.79 Å². The molecular weight excluding hydrogens is 214 g/mol. The Bertz CT molecular complexity index is 560. The topological polar surface area (TPSA) is 74.7 Å². The van der Waals surface area contributed by atoms with Gasteiger partial charge in [-0.05, 0) is 37.5 Å². The number of nitrogens with two attached hydrogens (primary N) is 1. The van der Waals surface area contributed by atoms with Crippen LogP contribution in [0.1, 0.15) is 19.4 Å². The van der Waals surface area contributed by atoms with Gasteiger partial charge in [-0.2, -0.15) is 0 Å². The van der Waals surface area contributed by atoms with Crippen molar-refractivity contribution < 1.29 is 0 Å². The highest BCUT2D eigenvalue weighted by atomic mass is 16.1. The van der Waals surface area contributed by atoms with E-state index in [1.807, 2.05) is 38.1 Å². The molecule has 1 heterocycles. The van der Waals surface area contributed by atoms with Gasteiger partial charge in [0.25, 0.3) is 0 Å². The fourth-order valence-corrected chi connectivity index (χ4v) is 1.86. The molecule has 4 nitrogen and oxygen atoms in total. The van der Waals surface area contributed by atoms with Crippen LogP contribution in [0.2, 0.25) is 0 Å². The number of rotatable bonds is 3. The van der Waals surface area contributed by atoms with Gasteiger partial charge < -0.3 is 15.7 Å². The molecule has 1 aromatic carbocycles. The van der Waals surface area contributed by atoms with Crippen LogP contribution in [0.25, 0.3) is 11.3 Å². The summed E-state index contributed by atoms with van der Waals surface area (Å²) in [6.45, 7) is 4.00. The molecule has 0 bridgehead atoms. The molecule has 0 saturated heterocycles. The van der Waals surface area contributed by atoms with Crippen LogP contribution in [-0.4, -0.2) is 15.5 Å². The van der Waals surface area contributed by atoms with Gasteiger partial charge in [0.05, 0.1) is 5.69 Å². The Kier molecular flexibility index (Phi) is 2.90. The fourth-order valence-electron chi connectivity index (χ4n) is 1.86. The van der Waals surface area contributed by atoms with Crippen LogP contribution in [0.4, 0.5) is 0 Å². The van der Waals surface area contributed by atoms with E-state index >= 15 is 0 Å². The second-order valence-corrected chi connectivity index (χ2v) is 5.02. The zero-order chi connectivity index (χ0) is 12.5. The lowest BCUT2D eigenvalue weighted by Crippen LogP contribution is -2.34. The first kappa shape index (κ1) is 11.7. The van der Waals surface area contributed by atoms with Gasteiger partial charge in [-0.1, -0.05) is 18.2 Å². The number of hydrogen-bond acceptors (Lipinski definition) is 2. The zero-order valence-electron chi connectivity index (χ0n) is 10.1. The van der Waals surface area contributed by atoms with E-state index in [2.05, 4.69) is 9.97 Å². The van der Waals surface area contributed by atoms with Gasteiger partial charge in [0.2, 0.25) is 0 Å². The molecule has 17 heavy (non-hydrogen) atoms. The normalized spacial score (nSPS) is 11.7. The van der Waals surface area contributed by atoms with Crippen molar-refractivity contribution in [1.29, 1.82) is 0 Å². The molecule has 90 valence electrons. The van der Waals surface area contributed by atoms with E-state index in [9.17, 15) is 4.79 Å². The molecule has 2 rings (SSSR count). The van der Waals surface area contributed by atoms with E-state index < -0.39 is 0 Å². The van der Waals surface area contributed by atoms with Crippen LogP contribution in [0, 0.1) is 0 Å². The SMILES string of the molecule is CC(C)(N)Cc1cccc(-c2c[nH]c(=O)[nH]2)c1. The number of aromatic nitrogens is 2. The molecule has 0 saturated carbocycles. The van der Waals surface area contributed by atoms with Crippen LogP contribution >= 0.6 is 0 Å². The van der Waals surface area contributed by atoms with Crippen molar-refractivity contribution in [2.24, 2.45) is 5.73 Å². The molecule has 0 amide bonds. The second kappa shape index (κ2) is 4.22. The average Bonchev–Trinajstić information content (AvgIpc) is 2.63. The summed E-state index contributed by atoms with van der Waals surface area (Å²) in [5.41, 5.74) is 8.53. The second-order valence-electron chi connectivity index (χ2n) is 5.02. The summed E-state index contributed by atoms with van der Waals surface area (Å²) < 4.78 is 0. The molecule has 4 heteroatoms. The summed E-state index contributed by atoms with van der Waals surface area (Å²) in [4.78, 5) is 16.4. The Labute approximate surface area is 99.9 Å². The first-order valence-corrected chi connectivity index (χ1v) is 5.60. The number of nitrogens with one attached hydrogen (secondary N) is 2. The molecule has 0 aliphatic heterocycles. The van der Waals surface area contributed by atoms with Crippen LogP contribution in [-0.2, 0) is 6.42 Å². The number of aromatic amines is 2. The molecular formula is C13H17N3O. The quantitative estimate of drug-likeness (QED) is 0.751. The highest BCUT2D eigenvalue weighted by Gasteiger charge is 2.12. The zero-order valence-corrected chi connectivity index (χ0v) is 10.1. The number of imidazole rings is 1. The third kappa shape index (κ3) is 3.07. The maximum absolute atomic E-state index is 11.0. The maximum Gasteiger partial charge on any atom is 0.323 e. The van der Waals surface area contributed by atoms with Gasteiger partial charge in [0, 0.05) is 11.7 Å². The Morgan fingerprint density at radius 3 is 2.71 bits per heavy atom. The summed E-state index contributed by atoms with van der Waals surface area (Å²) in [5, 5.41) is 0. The molecule has 4 N–H and O–H groups in total. The van der Waals surface area contributed by atoms with Crippen molar-refractivity contribution in [3.8, 4) is 11.3 Å². The summed E-state index contributed by atoms with van der Waals surface area (Å²) in [6.07, 6.45) is 2.48. The van der Waals surface area contributed by atoms with Crippen molar-refractivity contribution in [3.63, 3.8) is 0 Å². The highest BCUT2D eigenvalue weighted by molar-refractivity contribution is 5.59. The number of benzene rings is 1. The molecule has 0 fully saturated rings. The van der Waals surface area contributed by atoms with E-state index in [0.717, 1.165) is 23.2 Å². The van der Waals surface area contributed by atoms with E-state index in [-0.39, 0.29) is 11.2 Å². The maximum atomic E-state index is 11.0. The standard InChI is InChI=1S/C13H17N3O/c1-13(2,14)7-9-4-3-5-10(6-9)11-8-15-12(17)16-11/h3-6,8H,7,14H2,1-2H3,(H2,15,16,17). The van der Waals surface area contributed by atoms with E-state index in [0.29, 0.717) is 0 Å². The van der Waals surface area contributed by atoms with Crippen LogP contribution in [0.5, 0.6) is 0 Å². The Morgan fingerprint density at radius 2 is 2.12 bits per heavy atom. The predicted molar refractivity (Wildman–Crippen MR) is 68.8 cm³/mol. The van der Waals surface area contributed by atoms with Gasteiger partial charge in [-0.15, -0.1) is 0 Å². The lowest BCUT2D eigenvalue weighted by Gasteiger charge is -2.18. The summed E-state index contributed by atoms with van der Waals surface area (Å²) in [6, 6.07) is 8.03. The third-order valence-corrected chi connectivity index (χ3v) is 2.49. The van der Waals surface area contributed by atoms with Crippen molar-refractivity contribution in [2.75, 3.05) is 0 Å². The van der Waals surface area contributed by atoms with E-state index in [4.69, 9.17) is 5.73 Å². The fraction of sp³-hybridized carbons (Fsp3) is 0.308. The average molecular weight is 231 g/mol. The summed E-state index contributed by atoms with van der Waals surface area (Å²) in [5.74, 6) is 0. The highest BCUT2D eigenvalue weighted by Crippen LogP contribution is 2.18. The third-order valence-electron chi connectivity index (χ3n) is 2.49. The molecule has 2 aromatic rings. The lowest BCUT2D eigenvalue weighted by molar-refractivity contribution is 0.517. The molecule has 0 spiro atoms. The Balaban J connectivity index is 2.32. The Hall–Kier alpha value is -1.81. The predicted octanol–water partition coefficient (Wildman–Crippen LogP) is 1.65. The largest absolute Gasteiger partial charge is 0.325 e. The van der Waals surface area contributed by atoms with Crippen LogP contribution in [0.3, 0.4) is 0 Å². The van der Waals surface area contributed by atoms with Crippen molar-refractivity contribution in [1.82, 2.24) is 9.97 Å². The Morgan fingerprint density at radius 1 is 1.35 bits per heavy atom. The molecule has 0 unspecified atom stereocenters. The van der Waals surface area contributed by atoms with E-state index in [1.54, 1.807) is 6.20 Å². The minimum atomic E-state index is -0.232. The minimum Gasteiger partial charge on any atom is -0.325 e. The molecule has 1 aromatic heterocycles.